The van der Waals surface area contributed by atoms with Gasteiger partial charge >= 0.3 is 0 Å². The van der Waals surface area contributed by atoms with Crippen LogP contribution in [0.5, 0.6) is 0 Å². The maximum Gasteiger partial charge on any atom is 0.164 e. The number of benzene rings is 3. The fraction of sp³-hybridized carbons (Fsp3) is 0.417. The molecule has 0 atom stereocenters. The first-order chi connectivity index (χ1) is 25.1. The second-order valence-corrected chi connectivity index (χ2v) is 18.6. The van der Waals surface area contributed by atoms with Gasteiger partial charge in [-0.05, 0) is 78.7 Å². The van der Waals surface area contributed by atoms with Crippen LogP contribution >= 0.6 is 22.7 Å². The van der Waals surface area contributed by atoms with Gasteiger partial charge in [0, 0.05) is 79.5 Å². The Kier molecular flexibility index (Phi) is 14.3. The summed E-state index contributed by atoms with van der Waals surface area (Å²) in [6, 6.07) is 26.1. The predicted molar refractivity (Wildman–Crippen MR) is 233 cm³/mol. The Labute approximate surface area is 345 Å². The molecule has 0 aliphatic rings. The van der Waals surface area contributed by atoms with Crippen LogP contribution in [0.25, 0.3) is 52.6 Å². The van der Waals surface area contributed by atoms with Gasteiger partial charge in [0.1, 0.15) is 5.76 Å². The Morgan fingerprint density at radius 2 is 1.50 bits per heavy atom. The molecule has 289 valence electrons. The van der Waals surface area contributed by atoms with Crippen molar-refractivity contribution in [1.29, 1.82) is 0 Å². The fourth-order valence-corrected chi connectivity index (χ4v) is 8.94. The van der Waals surface area contributed by atoms with Gasteiger partial charge in [-0.3, -0.25) is 9.78 Å². The average molecular weight is 937 g/mol. The topological polar surface area (TPSA) is 50.2 Å². The van der Waals surface area contributed by atoms with Crippen molar-refractivity contribution in [3.05, 3.63) is 101 Å². The largest absolute Gasteiger partial charge is 0.512 e. The minimum atomic E-state index is -0.337. The number of hydrogen-bond acceptors (Lipinski definition) is 5. The van der Waals surface area contributed by atoms with Crippen LogP contribution in [0.1, 0.15) is 113 Å². The average Bonchev–Trinajstić information content (AvgIpc) is 3.77. The summed E-state index contributed by atoms with van der Waals surface area (Å²) in [5.74, 6) is 0.937. The second kappa shape index (κ2) is 17.8. The molecule has 1 N–H and O–H groups in total. The summed E-state index contributed by atoms with van der Waals surface area (Å²) in [4.78, 5) is 18.4. The first kappa shape index (κ1) is 43.6. The maximum atomic E-state index is 12.2. The molecule has 3 nitrogen and oxygen atoms in total. The van der Waals surface area contributed by atoms with Gasteiger partial charge in [0.25, 0.3) is 0 Å². The van der Waals surface area contributed by atoms with Crippen molar-refractivity contribution in [3.63, 3.8) is 0 Å². The van der Waals surface area contributed by atoms with Crippen LogP contribution in [0.3, 0.4) is 0 Å². The zero-order valence-corrected chi connectivity index (χ0v) is 38.1. The number of fused-ring (bicyclic) bond motifs is 3. The third-order valence-electron chi connectivity index (χ3n) is 11.4. The van der Waals surface area contributed by atoms with Crippen molar-refractivity contribution in [3.8, 4) is 21.7 Å². The van der Waals surface area contributed by atoms with E-state index in [1.54, 1.807) is 0 Å². The van der Waals surface area contributed by atoms with Crippen molar-refractivity contribution in [1.82, 2.24) is 4.98 Å². The normalized spacial score (nSPS) is 12.6. The molecule has 0 aliphatic heterocycles. The molecule has 54 heavy (non-hydrogen) atoms. The molecule has 0 unspecified atom stereocenters. The van der Waals surface area contributed by atoms with Gasteiger partial charge in [-0.2, -0.15) is 0 Å². The van der Waals surface area contributed by atoms with Crippen molar-refractivity contribution < 1.29 is 30.0 Å². The number of allylic oxidation sites excluding steroid dienone is 2. The molecule has 3 aromatic heterocycles. The molecule has 0 amide bonds. The van der Waals surface area contributed by atoms with Crippen LogP contribution < -0.4 is 0 Å². The van der Waals surface area contributed by atoms with Gasteiger partial charge in [-0.25, -0.2) is 0 Å². The van der Waals surface area contributed by atoms with E-state index in [4.69, 9.17) is 4.98 Å². The van der Waals surface area contributed by atoms with Crippen molar-refractivity contribution >= 4 is 59.4 Å². The van der Waals surface area contributed by atoms with E-state index in [-0.39, 0.29) is 47.9 Å². The molecule has 6 aromatic rings. The first-order valence-corrected chi connectivity index (χ1v) is 21.1. The monoisotopic (exact) mass is 937 g/mol. The predicted octanol–water partition coefficient (Wildman–Crippen LogP) is 14.9. The smallest absolute Gasteiger partial charge is 0.164 e. The molecular formula is C48H58IrNO2S2-. The number of carbonyl (C=O) groups excluding carboxylic acids is 1. The van der Waals surface area contributed by atoms with E-state index in [1.807, 2.05) is 70.4 Å². The molecule has 3 heterocycles. The SMILES string of the molecule is CC(C)Cc1ccc2scc(-c3cc4c(-c5[c-]c6ccccc6c(C(C)(C)C)c5)nccc4s3)c2c1.CCC(C)(CC)C(=O)/C=C(\O)C(C)(CC)CC.[Ir]. The number of aromatic nitrogens is 1. The van der Waals surface area contributed by atoms with Crippen molar-refractivity contribution in [2.75, 3.05) is 0 Å². The molecule has 6 rings (SSSR count). The van der Waals surface area contributed by atoms with Gasteiger partial charge < -0.3 is 5.11 Å². The van der Waals surface area contributed by atoms with E-state index < -0.39 is 0 Å². The number of ketones is 1. The van der Waals surface area contributed by atoms with Crippen molar-refractivity contribution in [2.24, 2.45) is 16.7 Å². The fourth-order valence-electron chi connectivity index (χ4n) is 6.84. The Morgan fingerprint density at radius 3 is 2.13 bits per heavy atom. The van der Waals surface area contributed by atoms with Gasteiger partial charge in [-0.1, -0.05) is 111 Å². The zero-order valence-electron chi connectivity index (χ0n) is 34.1. The van der Waals surface area contributed by atoms with E-state index >= 15 is 0 Å². The van der Waals surface area contributed by atoms with Gasteiger partial charge in [0.2, 0.25) is 0 Å². The van der Waals surface area contributed by atoms with Crippen LogP contribution in [-0.2, 0) is 36.7 Å². The summed E-state index contributed by atoms with van der Waals surface area (Å²) >= 11 is 3.70. The summed E-state index contributed by atoms with van der Waals surface area (Å²) in [6.45, 7) is 23.5. The van der Waals surface area contributed by atoms with Gasteiger partial charge in [0.05, 0.1) is 0 Å². The second-order valence-electron chi connectivity index (χ2n) is 16.6. The van der Waals surface area contributed by atoms with E-state index in [2.05, 4.69) is 107 Å². The number of aliphatic hydroxyl groups is 1. The Bertz CT molecular complexity index is 2240. The number of nitrogens with zero attached hydrogens (tertiary/aromatic N) is 1. The molecule has 0 bridgehead atoms. The number of pyridine rings is 1. The summed E-state index contributed by atoms with van der Waals surface area (Å²) in [6.07, 6.45) is 7.81. The minimum Gasteiger partial charge on any atom is -0.512 e. The van der Waals surface area contributed by atoms with Gasteiger partial charge in [-0.15, -0.1) is 51.8 Å². The number of hydrogen-bond donors (Lipinski definition) is 1. The molecule has 3 aromatic carbocycles. The molecular weight excluding hydrogens is 879 g/mol. The van der Waals surface area contributed by atoms with E-state index in [1.165, 1.54) is 53.2 Å². The third-order valence-corrected chi connectivity index (χ3v) is 13.5. The molecule has 0 aliphatic carbocycles. The molecule has 0 saturated carbocycles. The maximum absolute atomic E-state index is 12.2. The molecule has 0 spiro atoms. The number of thiophene rings is 2. The van der Waals surface area contributed by atoms with E-state index in [0.29, 0.717) is 5.92 Å². The molecule has 6 heteroatoms. The minimum absolute atomic E-state index is 0. The zero-order chi connectivity index (χ0) is 38.7. The third kappa shape index (κ3) is 9.27. The standard InChI is InChI=1S/C33H30NS2.C15H28O2.Ir/c1-20(2)14-21-10-11-29-25(15-21)27(19-35-29)31-18-26-30(36-31)12-13-34-32(26)23-16-22-8-6-7-9-24(22)28(17-23)33(3,4)5;1-7-14(5,8-2)12(16)11-13(17)15(6,9-3)10-4;/h6-13,15,17-20H,14H2,1-5H3;11,16H,7-10H2,1-6H3;/q-1;;/b;12-11-;. The summed E-state index contributed by atoms with van der Waals surface area (Å²) in [5.41, 5.74) is 5.61. The Balaban J connectivity index is 0.000000309. The van der Waals surface area contributed by atoms with E-state index in [9.17, 15) is 9.90 Å². The summed E-state index contributed by atoms with van der Waals surface area (Å²) in [7, 11) is 0. The quantitative estimate of drug-likeness (QED) is 0.0800. The van der Waals surface area contributed by atoms with Crippen LogP contribution in [0.15, 0.2) is 84.1 Å². The Hall–Kier alpha value is -3.15. The van der Waals surface area contributed by atoms with Crippen LogP contribution in [-0.4, -0.2) is 15.9 Å². The van der Waals surface area contributed by atoms with E-state index in [0.717, 1.165) is 48.7 Å². The summed E-state index contributed by atoms with van der Waals surface area (Å²) < 4.78 is 2.62. The van der Waals surface area contributed by atoms with Crippen LogP contribution in [0.4, 0.5) is 0 Å². The number of carbonyl (C=O) groups is 1. The van der Waals surface area contributed by atoms with Crippen LogP contribution in [0.2, 0.25) is 0 Å². The van der Waals surface area contributed by atoms with Crippen molar-refractivity contribution in [2.45, 2.75) is 114 Å². The summed E-state index contributed by atoms with van der Waals surface area (Å²) in [5, 5.41) is 17.5. The molecule has 1 radical (unpaired) electrons. The van der Waals surface area contributed by atoms with Gasteiger partial charge in [0.15, 0.2) is 5.78 Å². The molecule has 0 fully saturated rings. The first-order valence-electron chi connectivity index (χ1n) is 19.4. The Morgan fingerprint density at radius 1 is 0.833 bits per heavy atom. The number of rotatable bonds is 11. The van der Waals surface area contributed by atoms with Crippen LogP contribution in [0, 0.1) is 22.8 Å². The molecule has 0 saturated heterocycles. The number of aliphatic hydroxyl groups excluding tert-OH is 1.